The van der Waals surface area contributed by atoms with E-state index in [2.05, 4.69) is 208 Å². The van der Waals surface area contributed by atoms with Crippen molar-refractivity contribution in [1.29, 1.82) is 0 Å². The van der Waals surface area contributed by atoms with Crippen LogP contribution in [0.5, 0.6) is 0 Å². The molecule has 0 radical (unpaired) electrons. The summed E-state index contributed by atoms with van der Waals surface area (Å²) in [6, 6.07) is 71.0. The van der Waals surface area contributed by atoms with Crippen LogP contribution in [0.1, 0.15) is 0 Å². The van der Waals surface area contributed by atoms with Crippen molar-refractivity contribution in [3.05, 3.63) is 200 Å². The monoisotopic (exact) mass is 727 g/mol. The van der Waals surface area contributed by atoms with Crippen LogP contribution in [0.3, 0.4) is 0 Å². The number of nitrogens with zero attached hydrogens (tertiary/aromatic N) is 5. The highest BCUT2D eigenvalue weighted by Crippen LogP contribution is 2.42. The fraction of sp³-hybridized carbons (Fsp3) is 0. The van der Waals surface area contributed by atoms with E-state index < -0.39 is 0 Å². The van der Waals surface area contributed by atoms with E-state index in [9.17, 15) is 0 Å². The second-order valence-electron chi connectivity index (χ2n) is 14.6. The molecule has 0 unspecified atom stereocenters. The third kappa shape index (κ3) is 4.76. The van der Waals surface area contributed by atoms with Crippen molar-refractivity contribution >= 4 is 65.4 Å². The predicted octanol–water partition coefficient (Wildman–Crippen LogP) is 13.1. The first kappa shape index (κ1) is 31.6. The molecule has 0 aliphatic heterocycles. The van der Waals surface area contributed by atoms with Gasteiger partial charge < -0.3 is 4.57 Å². The van der Waals surface area contributed by atoms with Crippen LogP contribution in [-0.2, 0) is 0 Å². The lowest BCUT2D eigenvalue weighted by molar-refractivity contribution is 1.06. The lowest BCUT2D eigenvalue weighted by Crippen LogP contribution is -2.02. The van der Waals surface area contributed by atoms with Gasteiger partial charge in [0.1, 0.15) is 11.6 Å². The molecule has 5 heterocycles. The summed E-state index contributed by atoms with van der Waals surface area (Å²) in [6.45, 7) is 0. The van der Waals surface area contributed by atoms with Crippen LogP contribution < -0.4 is 0 Å². The van der Waals surface area contributed by atoms with Crippen molar-refractivity contribution in [1.82, 2.24) is 23.7 Å². The molecule has 0 fully saturated rings. The number of aromatic nitrogens is 5. The molecule has 0 N–H and O–H groups in total. The summed E-state index contributed by atoms with van der Waals surface area (Å²) in [5, 5.41) is 7.19. The molecule has 5 heteroatoms. The number of benzene rings is 7. The first-order chi connectivity index (χ1) is 28.3. The normalized spacial score (nSPS) is 11.9. The van der Waals surface area contributed by atoms with E-state index in [0.29, 0.717) is 0 Å². The van der Waals surface area contributed by atoms with Gasteiger partial charge in [-0.15, -0.1) is 0 Å². The summed E-state index contributed by atoms with van der Waals surface area (Å²) in [6.07, 6.45) is 0. The smallest absolute Gasteiger partial charge is 0.138 e. The van der Waals surface area contributed by atoms with E-state index in [-0.39, 0.29) is 0 Å². The van der Waals surface area contributed by atoms with E-state index >= 15 is 0 Å². The minimum Gasteiger partial charge on any atom is -0.309 e. The van der Waals surface area contributed by atoms with Gasteiger partial charge in [0.2, 0.25) is 0 Å². The molecule has 5 nitrogen and oxygen atoms in total. The Kier molecular flexibility index (Phi) is 6.86. The van der Waals surface area contributed by atoms with Gasteiger partial charge in [0.15, 0.2) is 0 Å². The lowest BCUT2D eigenvalue weighted by atomic mass is 10.1. The maximum atomic E-state index is 5.48. The van der Waals surface area contributed by atoms with E-state index in [1.54, 1.807) is 0 Å². The fourth-order valence-corrected chi connectivity index (χ4v) is 9.01. The Balaban J connectivity index is 1.10. The number of hydrogen-bond acceptors (Lipinski definition) is 2. The molecule has 0 amide bonds. The van der Waals surface area contributed by atoms with Crippen molar-refractivity contribution in [2.75, 3.05) is 0 Å². The molecule has 0 aliphatic rings. The molecule has 12 rings (SSSR count). The van der Waals surface area contributed by atoms with Gasteiger partial charge in [0.25, 0.3) is 0 Å². The molecule has 7 aromatic carbocycles. The van der Waals surface area contributed by atoms with Crippen molar-refractivity contribution in [3.8, 4) is 39.8 Å². The zero-order chi connectivity index (χ0) is 37.5. The van der Waals surface area contributed by atoms with E-state index in [4.69, 9.17) is 9.97 Å². The highest BCUT2D eigenvalue weighted by atomic mass is 15.1. The Hall–Kier alpha value is -7.76. The topological polar surface area (TPSA) is 40.6 Å². The molecule has 5 aromatic heterocycles. The number of rotatable bonds is 5. The highest BCUT2D eigenvalue weighted by molar-refractivity contribution is 6.23. The first-order valence-corrected chi connectivity index (χ1v) is 19.3. The van der Waals surface area contributed by atoms with Gasteiger partial charge in [-0.05, 0) is 60.7 Å². The summed E-state index contributed by atoms with van der Waals surface area (Å²) < 4.78 is 7.05. The summed E-state index contributed by atoms with van der Waals surface area (Å²) in [7, 11) is 0. The number of pyridine rings is 2. The van der Waals surface area contributed by atoms with Gasteiger partial charge in [-0.3, -0.25) is 9.13 Å². The van der Waals surface area contributed by atoms with Crippen LogP contribution in [0.15, 0.2) is 200 Å². The van der Waals surface area contributed by atoms with Crippen molar-refractivity contribution < 1.29 is 0 Å². The fourth-order valence-electron chi connectivity index (χ4n) is 9.01. The number of para-hydroxylation sites is 4. The SMILES string of the molecule is c1ccc(-c2cccc(-n3c4ccccc4c4ccc5c6ccccc6n(-c6cccc(-c7cccc(-n8c9ccccc9c9ccccc98)c7)n6)c5c43)n2)cc1. The first-order valence-electron chi connectivity index (χ1n) is 19.3. The van der Waals surface area contributed by atoms with Crippen molar-refractivity contribution in [2.24, 2.45) is 0 Å². The average molecular weight is 728 g/mol. The van der Waals surface area contributed by atoms with Crippen LogP contribution in [0.25, 0.3) is 105 Å². The molecule has 12 aromatic rings. The zero-order valence-corrected chi connectivity index (χ0v) is 30.8. The van der Waals surface area contributed by atoms with Gasteiger partial charge in [-0.1, -0.05) is 140 Å². The maximum Gasteiger partial charge on any atom is 0.138 e. The van der Waals surface area contributed by atoms with Crippen LogP contribution in [0.2, 0.25) is 0 Å². The third-order valence-corrected chi connectivity index (χ3v) is 11.4. The van der Waals surface area contributed by atoms with Gasteiger partial charge in [0, 0.05) is 49.1 Å². The Morgan fingerprint density at radius 3 is 1.21 bits per heavy atom. The maximum absolute atomic E-state index is 5.48. The number of hydrogen-bond donors (Lipinski definition) is 0. The molecular formula is C52H33N5. The average Bonchev–Trinajstić information content (AvgIpc) is 3.93. The minimum atomic E-state index is 0.858. The molecule has 57 heavy (non-hydrogen) atoms. The Morgan fingerprint density at radius 2 is 0.684 bits per heavy atom. The van der Waals surface area contributed by atoms with Crippen LogP contribution in [-0.4, -0.2) is 23.7 Å². The standard InChI is InChI=1S/C52H33N5/c1-2-15-34(16-3-1)43-23-13-29-49(53-43)56-47-27-10-6-21-39(47)41-31-32-42-40-22-7-11-28-48(40)57(52(42)51(41)56)50-30-14-24-44(54-50)35-17-12-18-36(33-35)55-45-25-8-4-19-37(45)38-20-5-9-26-46(38)55/h1-33H. The molecule has 266 valence electrons. The molecule has 0 spiro atoms. The summed E-state index contributed by atoms with van der Waals surface area (Å²) in [4.78, 5) is 10.8. The Bertz CT molecular complexity index is 3480. The molecule has 0 aliphatic carbocycles. The Morgan fingerprint density at radius 1 is 0.281 bits per heavy atom. The molecule has 0 atom stereocenters. The summed E-state index contributed by atoms with van der Waals surface area (Å²) in [5.74, 6) is 1.73. The lowest BCUT2D eigenvalue weighted by Gasteiger charge is -2.13. The molecule has 0 saturated heterocycles. The Labute approximate surface area is 328 Å². The largest absolute Gasteiger partial charge is 0.309 e. The third-order valence-electron chi connectivity index (χ3n) is 11.4. The van der Waals surface area contributed by atoms with E-state index in [0.717, 1.165) is 61.9 Å². The van der Waals surface area contributed by atoms with Gasteiger partial charge >= 0.3 is 0 Å². The molecule has 0 saturated carbocycles. The van der Waals surface area contributed by atoms with Gasteiger partial charge in [-0.25, -0.2) is 9.97 Å². The second-order valence-corrected chi connectivity index (χ2v) is 14.6. The highest BCUT2D eigenvalue weighted by Gasteiger charge is 2.22. The van der Waals surface area contributed by atoms with Crippen molar-refractivity contribution in [2.45, 2.75) is 0 Å². The molecular weight excluding hydrogens is 695 g/mol. The second kappa shape index (κ2) is 12.4. The van der Waals surface area contributed by atoms with Crippen molar-refractivity contribution in [3.63, 3.8) is 0 Å². The number of fused-ring (bicyclic) bond motifs is 10. The summed E-state index contributed by atoms with van der Waals surface area (Å²) in [5.41, 5.74) is 11.9. The summed E-state index contributed by atoms with van der Waals surface area (Å²) >= 11 is 0. The van der Waals surface area contributed by atoms with Crippen LogP contribution in [0.4, 0.5) is 0 Å². The quantitative estimate of drug-likeness (QED) is 0.177. The van der Waals surface area contributed by atoms with Gasteiger partial charge in [-0.2, -0.15) is 0 Å². The molecule has 0 bridgehead atoms. The minimum absolute atomic E-state index is 0.858. The zero-order valence-electron chi connectivity index (χ0n) is 30.8. The van der Waals surface area contributed by atoms with Crippen LogP contribution >= 0.6 is 0 Å². The van der Waals surface area contributed by atoms with E-state index in [1.807, 2.05) is 6.07 Å². The van der Waals surface area contributed by atoms with E-state index in [1.165, 1.54) is 43.4 Å². The van der Waals surface area contributed by atoms with Gasteiger partial charge in [0.05, 0.1) is 44.5 Å². The van der Waals surface area contributed by atoms with Crippen LogP contribution in [0, 0.1) is 0 Å². The predicted molar refractivity (Wildman–Crippen MR) is 236 cm³/mol.